The highest BCUT2D eigenvalue weighted by Crippen LogP contribution is 2.22. The van der Waals surface area contributed by atoms with Gasteiger partial charge in [-0.15, -0.1) is 11.3 Å². The average molecular weight is 339 g/mol. The summed E-state index contributed by atoms with van der Waals surface area (Å²) < 4.78 is 31.1. The van der Waals surface area contributed by atoms with E-state index in [1.807, 2.05) is 18.4 Å². The molecule has 1 aromatic carbocycles. The highest BCUT2D eigenvalue weighted by Gasteiger charge is 2.23. The molecule has 1 aromatic heterocycles. The van der Waals surface area contributed by atoms with Crippen LogP contribution in [0.4, 0.5) is 0 Å². The smallest absolute Gasteiger partial charge is 0.337 e. The lowest BCUT2D eigenvalue weighted by Crippen LogP contribution is -2.26. The number of nitrogens with zero attached hydrogens (tertiary/aromatic N) is 1. The molecule has 0 N–H and O–H groups in total. The molecule has 2 rings (SSSR count). The summed E-state index contributed by atoms with van der Waals surface area (Å²) in [6.45, 7) is 2.25. The Morgan fingerprint density at radius 2 is 2.05 bits per heavy atom. The second-order valence-corrected chi connectivity index (χ2v) is 7.85. The van der Waals surface area contributed by atoms with Gasteiger partial charge in [0.05, 0.1) is 17.6 Å². The van der Waals surface area contributed by atoms with E-state index in [-0.39, 0.29) is 10.5 Å². The minimum atomic E-state index is -3.66. The van der Waals surface area contributed by atoms with Crippen LogP contribution in [0.5, 0.6) is 0 Å². The molecule has 0 fully saturated rings. The number of benzene rings is 1. The van der Waals surface area contributed by atoms with E-state index in [2.05, 4.69) is 4.74 Å². The molecule has 0 bridgehead atoms. The number of hydrogen-bond donors (Lipinski definition) is 0. The van der Waals surface area contributed by atoms with Crippen LogP contribution in [0.1, 0.15) is 20.8 Å². The van der Waals surface area contributed by atoms with E-state index in [1.54, 1.807) is 0 Å². The van der Waals surface area contributed by atoms with Gasteiger partial charge in [0.1, 0.15) is 0 Å². The summed E-state index contributed by atoms with van der Waals surface area (Å²) in [6.07, 6.45) is 0. The van der Waals surface area contributed by atoms with Gasteiger partial charge in [-0.3, -0.25) is 0 Å². The molecule has 0 amide bonds. The lowest BCUT2D eigenvalue weighted by Gasteiger charge is -2.17. The molecule has 0 radical (unpaired) electrons. The van der Waals surface area contributed by atoms with Crippen molar-refractivity contribution >= 4 is 27.3 Å². The van der Waals surface area contributed by atoms with Gasteiger partial charge in [0, 0.05) is 18.5 Å². The lowest BCUT2D eigenvalue weighted by molar-refractivity contribution is 0.0600. The zero-order valence-electron chi connectivity index (χ0n) is 12.6. The molecular weight excluding hydrogens is 322 g/mol. The summed E-state index contributed by atoms with van der Waals surface area (Å²) in [6, 6.07) is 7.81. The van der Waals surface area contributed by atoms with Gasteiger partial charge in [0.15, 0.2) is 0 Å². The fourth-order valence-corrected chi connectivity index (χ4v) is 4.16. The van der Waals surface area contributed by atoms with E-state index < -0.39 is 16.0 Å². The fraction of sp³-hybridized carbons (Fsp3) is 0.267. The van der Waals surface area contributed by atoms with Crippen LogP contribution >= 0.6 is 11.3 Å². The molecule has 22 heavy (non-hydrogen) atoms. The number of rotatable bonds is 5. The number of ether oxygens (including phenoxy) is 1. The van der Waals surface area contributed by atoms with Crippen molar-refractivity contribution in [3.63, 3.8) is 0 Å². The van der Waals surface area contributed by atoms with Crippen molar-refractivity contribution < 1.29 is 17.9 Å². The third-order valence-electron chi connectivity index (χ3n) is 3.30. The van der Waals surface area contributed by atoms with Crippen molar-refractivity contribution in [3.8, 4) is 0 Å². The van der Waals surface area contributed by atoms with Gasteiger partial charge in [-0.05, 0) is 42.1 Å². The highest BCUT2D eigenvalue weighted by atomic mass is 32.2. The molecule has 0 saturated carbocycles. The van der Waals surface area contributed by atoms with Crippen LogP contribution in [0.15, 0.2) is 40.6 Å². The topological polar surface area (TPSA) is 63.7 Å². The number of carbonyl (C=O) groups is 1. The molecule has 0 saturated heterocycles. The summed E-state index contributed by atoms with van der Waals surface area (Å²) in [5, 5.41) is 1.93. The number of esters is 1. The first kappa shape index (κ1) is 16.7. The Morgan fingerprint density at radius 1 is 1.32 bits per heavy atom. The Bertz CT molecular complexity index is 780. The molecule has 1 heterocycles. The van der Waals surface area contributed by atoms with Crippen molar-refractivity contribution in [2.75, 3.05) is 14.2 Å². The number of methoxy groups -OCH3 is 1. The van der Waals surface area contributed by atoms with Crippen molar-refractivity contribution in [2.24, 2.45) is 0 Å². The van der Waals surface area contributed by atoms with Crippen molar-refractivity contribution in [2.45, 2.75) is 18.4 Å². The number of carbonyl (C=O) groups excluding carboxylic acids is 1. The van der Waals surface area contributed by atoms with Gasteiger partial charge in [-0.1, -0.05) is 6.07 Å². The predicted octanol–water partition coefficient (Wildman–Crippen LogP) is 2.66. The summed E-state index contributed by atoms with van der Waals surface area (Å²) >= 11 is 1.52. The zero-order valence-corrected chi connectivity index (χ0v) is 14.2. The zero-order chi connectivity index (χ0) is 16.3. The molecule has 0 aliphatic heterocycles. The molecule has 2 aromatic rings. The number of hydrogen-bond acceptors (Lipinski definition) is 5. The van der Waals surface area contributed by atoms with E-state index in [0.717, 1.165) is 10.4 Å². The van der Waals surface area contributed by atoms with E-state index in [1.165, 1.54) is 54.1 Å². The monoisotopic (exact) mass is 339 g/mol. The quantitative estimate of drug-likeness (QED) is 0.786. The third-order valence-corrected chi connectivity index (χ3v) is 6.10. The largest absolute Gasteiger partial charge is 0.465 e. The summed E-state index contributed by atoms with van der Waals surface area (Å²) in [7, 11) is -0.878. The second kappa shape index (κ2) is 6.60. The summed E-state index contributed by atoms with van der Waals surface area (Å²) in [5.74, 6) is -0.561. The van der Waals surface area contributed by atoms with E-state index in [4.69, 9.17) is 0 Å². The summed E-state index contributed by atoms with van der Waals surface area (Å²) in [4.78, 5) is 12.6. The Morgan fingerprint density at radius 3 is 2.64 bits per heavy atom. The fourth-order valence-electron chi connectivity index (χ4n) is 1.93. The number of sulfonamides is 1. The van der Waals surface area contributed by atoms with Gasteiger partial charge in [0.25, 0.3) is 0 Å². The van der Waals surface area contributed by atoms with Crippen molar-refractivity contribution in [3.05, 3.63) is 51.7 Å². The van der Waals surface area contributed by atoms with Crippen LogP contribution in [0, 0.1) is 6.92 Å². The Hall–Kier alpha value is -1.70. The summed E-state index contributed by atoms with van der Waals surface area (Å²) in [5.41, 5.74) is 1.28. The number of aryl methyl sites for hydroxylation is 1. The predicted molar refractivity (Wildman–Crippen MR) is 85.5 cm³/mol. The van der Waals surface area contributed by atoms with E-state index in [9.17, 15) is 13.2 Å². The maximum Gasteiger partial charge on any atom is 0.337 e. The maximum absolute atomic E-state index is 12.6. The van der Waals surface area contributed by atoms with Crippen LogP contribution in [-0.4, -0.2) is 32.8 Å². The van der Waals surface area contributed by atoms with Crippen LogP contribution in [-0.2, 0) is 21.3 Å². The second-order valence-electron chi connectivity index (χ2n) is 4.81. The first-order valence-electron chi connectivity index (χ1n) is 6.54. The standard InChI is InChI=1S/C15H17NO4S2/c1-11-7-8-21-14(11)10-16(2)22(18,19)13-6-4-5-12(9-13)15(17)20-3/h4-9H,10H2,1-3H3. The molecule has 5 nitrogen and oxygen atoms in total. The van der Waals surface area contributed by atoms with Gasteiger partial charge >= 0.3 is 5.97 Å². The van der Waals surface area contributed by atoms with E-state index >= 15 is 0 Å². The van der Waals surface area contributed by atoms with Crippen LogP contribution in [0.2, 0.25) is 0 Å². The normalized spacial score (nSPS) is 11.6. The molecular formula is C15H17NO4S2. The third kappa shape index (κ3) is 3.37. The number of thiophene rings is 1. The Kier molecular flexibility index (Phi) is 5.00. The van der Waals surface area contributed by atoms with Gasteiger partial charge in [0.2, 0.25) is 10.0 Å². The Balaban J connectivity index is 2.30. The molecule has 0 unspecified atom stereocenters. The molecule has 118 valence electrons. The molecule has 7 heteroatoms. The first-order valence-corrected chi connectivity index (χ1v) is 8.86. The van der Waals surface area contributed by atoms with E-state index in [0.29, 0.717) is 6.54 Å². The maximum atomic E-state index is 12.6. The van der Waals surface area contributed by atoms with Crippen LogP contribution < -0.4 is 0 Å². The van der Waals surface area contributed by atoms with Crippen molar-refractivity contribution in [1.29, 1.82) is 0 Å². The minimum Gasteiger partial charge on any atom is -0.465 e. The SMILES string of the molecule is COC(=O)c1cccc(S(=O)(=O)N(C)Cc2sccc2C)c1. The first-order chi connectivity index (χ1) is 10.4. The minimum absolute atomic E-state index is 0.0760. The van der Waals surface area contributed by atoms with Gasteiger partial charge in [-0.25, -0.2) is 13.2 Å². The van der Waals surface area contributed by atoms with Crippen LogP contribution in [0.3, 0.4) is 0 Å². The van der Waals surface area contributed by atoms with Crippen LogP contribution in [0.25, 0.3) is 0 Å². The average Bonchev–Trinajstić information content (AvgIpc) is 2.91. The highest BCUT2D eigenvalue weighted by molar-refractivity contribution is 7.89. The Labute approximate surface area is 134 Å². The molecule has 0 atom stereocenters. The van der Waals surface area contributed by atoms with Gasteiger partial charge in [-0.2, -0.15) is 4.31 Å². The van der Waals surface area contributed by atoms with Gasteiger partial charge < -0.3 is 4.74 Å². The van der Waals surface area contributed by atoms with Crippen molar-refractivity contribution in [1.82, 2.24) is 4.31 Å². The molecule has 0 aliphatic carbocycles. The molecule has 0 aliphatic rings. The molecule has 0 spiro atoms. The lowest BCUT2D eigenvalue weighted by atomic mass is 10.2.